The van der Waals surface area contributed by atoms with Crippen LogP contribution in [0, 0.1) is 0 Å². The minimum atomic E-state index is 0.550. The van der Waals surface area contributed by atoms with Gasteiger partial charge in [0.2, 0.25) is 0 Å². The van der Waals surface area contributed by atoms with Gasteiger partial charge < -0.3 is 0 Å². The van der Waals surface area contributed by atoms with Crippen molar-refractivity contribution in [2.75, 3.05) is 0 Å². The molecule has 0 atom stereocenters. The number of hydrogen-bond donors (Lipinski definition) is 0. The average molecular weight is 200 g/mol. The van der Waals surface area contributed by atoms with Crippen molar-refractivity contribution in [1.29, 1.82) is 0 Å². The summed E-state index contributed by atoms with van der Waals surface area (Å²) in [4.78, 5) is 0. The molecule has 2 rings (SSSR count). The van der Waals surface area contributed by atoms with Gasteiger partial charge >= 0.3 is 0 Å². The van der Waals surface area contributed by atoms with Crippen LogP contribution in [-0.2, 0) is 6.54 Å². The lowest BCUT2D eigenvalue weighted by Crippen LogP contribution is -1.99. The third kappa shape index (κ3) is 2.46. The predicted molar refractivity (Wildman–Crippen MR) is 61.9 cm³/mol. The monoisotopic (exact) mass is 200 g/mol. The van der Waals surface area contributed by atoms with E-state index in [1.54, 1.807) is 0 Å². The molecule has 0 radical (unpaired) electrons. The summed E-state index contributed by atoms with van der Waals surface area (Å²) in [5, 5.41) is 4.35. The molecule has 1 aromatic heterocycles. The van der Waals surface area contributed by atoms with Crippen molar-refractivity contribution in [2.45, 2.75) is 26.3 Å². The zero-order valence-electron chi connectivity index (χ0n) is 9.22. The Morgan fingerprint density at radius 3 is 2.53 bits per heavy atom. The molecule has 0 saturated carbocycles. The first-order valence-corrected chi connectivity index (χ1v) is 5.32. The molecule has 0 aliphatic heterocycles. The van der Waals surface area contributed by atoms with Crippen LogP contribution in [0.3, 0.4) is 0 Å². The maximum Gasteiger partial charge on any atom is 0.0659 e. The summed E-state index contributed by atoms with van der Waals surface area (Å²) in [6.45, 7) is 5.22. The highest BCUT2D eigenvalue weighted by molar-refractivity contribution is 5.16. The number of nitrogens with zero attached hydrogens (tertiary/aromatic N) is 2. The molecule has 0 spiro atoms. The Balaban J connectivity index is 2.12. The maximum atomic E-state index is 4.35. The van der Waals surface area contributed by atoms with E-state index in [2.05, 4.69) is 49.4 Å². The Morgan fingerprint density at radius 2 is 1.93 bits per heavy atom. The molecule has 1 heterocycles. The molecule has 15 heavy (non-hydrogen) atoms. The number of hydrogen-bond acceptors (Lipinski definition) is 1. The minimum absolute atomic E-state index is 0.550. The molecule has 2 heteroatoms. The van der Waals surface area contributed by atoms with Crippen LogP contribution in [0.1, 0.15) is 30.9 Å². The van der Waals surface area contributed by atoms with E-state index >= 15 is 0 Å². The zero-order valence-corrected chi connectivity index (χ0v) is 9.22. The third-order valence-electron chi connectivity index (χ3n) is 2.51. The quantitative estimate of drug-likeness (QED) is 0.744. The normalized spacial score (nSPS) is 10.9. The van der Waals surface area contributed by atoms with E-state index in [1.807, 2.05) is 16.9 Å². The van der Waals surface area contributed by atoms with Crippen molar-refractivity contribution < 1.29 is 0 Å². The predicted octanol–water partition coefficient (Wildman–Crippen LogP) is 3.05. The number of aromatic nitrogens is 2. The molecule has 0 amide bonds. The van der Waals surface area contributed by atoms with Crippen molar-refractivity contribution >= 4 is 0 Å². The van der Waals surface area contributed by atoms with E-state index in [4.69, 9.17) is 0 Å². The van der Waals surface area contributed by atoms with Crippen LogP contribution in [0.15, 0.2) is 42.7 Å². The number of benzene rings is 1. The topological polar surface area (TPSA) is 17.8 Å². The largest absolute Gasteiger partial charge is 0.268 e. The molecule has 0 fully saturated rings. The van der Waals surface area contributed by atoms with Crippen LogP contribution in [0.5, 0.6) is 0 Å². The molecule has 0 bridgehead atoms. The summed E-state index contributed by atoms with van der Waals surface area (Å²) >= 11 is 0. The molecular formula is C13H16N2. The van der Waals surface area contributed by atoms with Crippen LogP contribution in [0.2, 0.25) is 0 Å². The van der Waals surface area contributed by atoms with Crippen LogP contribution in [0.25, 0.3) is 0 Å². The Labute approximate surface area is 90.6 Å². The second kappa shape index (κ2) is 4.30. The van der Waals surface area contributed by atoms with Gasteiger partial charge in [0.15, 0.2) is 0 Å². The van der Waals surface area contributed by atoms with Gasteiger partial charge in [-0.05, 0) is 17.0 Å². The lowest BCUT2D eigenvalue weighted by atomic mass is 10.1. The van der Waals surface area contributed by atoms with Crippen molar-refractivity contribution in [3.63, 3.8) is 0 Å². The van der Waals surface area contributed by atoms with E-state index in [1.165, 1.54) is 11.1 Å². The lowest BCUT2D eigenvalue weighted by Gasteiger charge is -2.01. The summed E-state index contributed by atoms with van der Waals surface area (Å²) in [5.41, 5.74) is 2.59. The van der Waals surface area contributed by atoms with Gasteiger partial charge in [-0.2, -0.15) is 5.10 Å². The lowest BCUT2D eigenvalue weighted by molar-refractivity contribution is 0.685. The van der Waals surface area contributed by atoms with Crippen LogP contribution in [0.4, 0.5) is 0 Å². The fourth-order valence-corrected chi connectivity index (χ4v) is 1.53. The Kier molecular flexibility index (Phi) is 2.86. The van der Waals surface area contributed by atoms with E-state index in [0.717, 1.165) is 6.54 Å². The molecule has 0 aliphatic carbocycles. The first kappa shape index (κ1) is 9.97. The van der Waals surface area contributed by atoms with Gasteiger partial charge in [0.05, 0.1) is 12.7 Å². The van der Waals surface area contributed by atoms with Crippen molar-refractivity contribution in [2.24, 2.45) is 0 Å². The average Bonchev–Trinajstić information content (AvgIpc) is 2.68. The van der Waals surface area contributed by atoms with Crippen molar-refractivity contribution in [3.05, 3.63) is 53.9 Å². The summed E-state index contributed by atoms with van der Waals surface area (Å²) in [7, 11) is 0. The van der Waals surface area contributed by atoms with Crippen molar-refractivity contribution in [1.82, 2.24) is 9.78 Å². The van der Waals surface area contributed by atoms with Gasteiger partial charge in [0.25, 0.3) is 0 Å². The second-order valence-electron chi connectivity index (χ2n) is 4.11. The van der Waals surface area contributed by atoms with E-state index in [9.17, 15) is 0 Å². The van der Waals surface area contributed by atoms with Gasteiger partial charge in [0.1, 0.15) is 0 Å². The number of rotatable bonds is 3. The molecule has 2 aromatic rings. The SMILES string of the molecule is CC(C)c1cnn(Cc2ccccc2)c1. The van der Waals surface area contributed by atoms with Gasteiger partial charge in [-0.15, -0.1) is 0 Å². The Morgan fingerprint density at radius 1 is 1.20 bits per heavy atom. The van der Waals surface area contributed by atoms with E-state index in [-0.39, 0.29) is 0 Å². The van der Waals surface area contributed by atoms with E-state index < -0.39 is 0 Å². The van der Waals surface area contributed by atoms with E-state index in [0.29, 0.717) is 5.92 Å². The zero-order chi connectivity index (χ0) is 10.7. The molecule has 0 aliphatic rings. The molecule has 0 N–H and O–H groups in total. The highest BCUT2D eigenvalue weighted by atomic mass is 15.3. The van der Waals surface area contributed by atoms with Crippen molar-refractivity contribution in [3.8, 4) is 0 Å². The smallest absolute Gasteiger partial charge is 0.0659 e. The first-order chi connectivity index (χ1) is 7.25. The minimum Gasteiger partial charge on any atom is -0.268 e. The molecular weight excluding hydrogens is 184 g/mol. The second-order valence-corrected chi connectivity index (χ2v) is 4.11. The van der Waals surface area contributed by atoms with Crippen LogP contribution >= 0.6 is 0 Å². The summed E-state index contributed by atoms with van der Waals surface area (Å²) in [6.07, 6.45) is 4.07. The third-order valence-corrected chi connectivity index (χ3v) is 2.51. The van der Waals surface area contributed by atoms with Crippen LogP contribution in [-0.4, -0.2) is 9.78 Å². The summed E-state index contributed by atoms with van der Waals surface area (Å²) in [5.74, 6) is 0.550. The van der Waals surface area contributed by atoms with Crippen LogP contribution < -0.4 is 0 Å². The first-order valence-electron chi connectivity index (χ1n) is 5.32. The molecule has 78 valence electrons. The highest BCUT2D eigenvalue weighted by Gasteiger charge is 2.02. The Bertz CT molecular complexity index is 415. The summed E-state index contributed by atoms with van der Waals surface area (Å²) < 4.78 is 1.99. The molecule has 0 saturated heterocycles. The Hall–Kier alpha value is -1.57. The fraction of sp³-hybridized carbons (Fsp3) is 0.308. The summed E-state index contributed by atoms with van der Waals surface area (Å²) in [6, 6.07) is 10.4. The van der Waals surface area contributed by atoms with Gasteiger partial charge in [0, 0.05) is 6.20 Å². The van der Waals surface area contributed by atoms with Gasteiger partial charge in [-0.25, -0.2) is 0 Å². The molecule has 2 nitrogen and oxygen atoms in total. The van der Waals surface area contributed by atoms with Gasteiger partial charge in [-0.1, -0.05) is 44.2 Å². The standard InChI is InChI=1S/C13H16N2/c1-11(2)13-8-14-15(10-13)9-12-6-4-3-5-7-12/h3-8,10-11H,9H2,1-2H3. The maximum absolute atomic E-state index is 4.35. The fourth-order valence-electron chi connectivity index (χ4n) is 1.53. The molecule has 1 aromatic carbocycles. The molecule has 0 unspecified atom stereocenters. The highest BCUT2D eigenvalue weighted by Crippen LogP contribution is 2.13. The van der Waals surface area contributed by atoms with Gasteiger partial charge in [-0.3, -0.25) is 4.68 Å².